The van der Waals surface area contributed by atoms with Crippen LogP contribution in [0.4, 0.5) is 0 Å². The standard InChI is InChI=1S/C14H26N2O4S/c1-11-6-5-8-14(10-11,13(17)18)15-21(19,20)16-9-4-3-7-12(16)2/h11-12,15H,3-10H2,1-2H3,(H,17,18). The first-order chi connectivity index (χ1) is 9.77. The highest BCUT2D eigenvalue weighted by Crippen LogP contribution is 2.34. The van der Waals surface area contributed by atoms with Crippen LogP contribution in [-0.4, -0.2) is 41.9 Å². The first kappa shape index (κ1) is 16.7. The molecule has 0 spiro atoms. The topological polar surface area (TPSA) is 86.7 Å². The van der Waals surface area contributed by atoms with Crippen molar-refractivity contribution in [2.45, 2.75) is 70.4 Å². The number of aliphatic carboxylic acids is 1. The first-order valence-electron chi connectivity index (χ1n) is 7.81. The van der Waals surface area contributed by atoms with E-state index in [1.54, 1.807) is 0 Å². The first-order valence-corrected chi connectivity index (χ1v) is 9.25. The van der Waals surface area contributed by atoms with E-state index in [1.165, 1.54) is 4.31 Å². The minimum Gasteiger partial charge on any atom is -0.480 e. The summed E-state index contributed by atoms with van der Waals surface area (Å²) in [5.41, 5.74) is -1.34. The Hall–Kier alpha value is -0.660. The van der Waals surface area contributed by atoms with Gasteiger partial charge in [0, 0.05) is 12.6 Å². The average Bonchev–Trinajstić information content (AvgIpc) is 2.38. The van der Waals surface area contributed by atoms with Gasteiger partial charge in [-0.1, -0.05) is 26.2 Å². The Morgan fingerprint density at radius 1 is 1.24 bits per heavy atom. The summed E-state index contributed by atoms with van der Waals surface area (Å²) in [7, 11) is -3.76. The molecule has 0 aromatic rings. The van der Waals surface area contributed by atoms with E-state index in [9.17, 15) is 18.3 Å². The zero-order valence-electron chi connectivity index (χ0n) is 12.8. The van der Waals surface area contributed by atoms with Crippen LogP contribution in [0.25, 0.3) is 0 Å². The zero-order valence-corrected chi connectivity index (χ0v) is 13.7. The molecule has 0 amide bonds. The molecule has 1 saturated heterocycles. The van der Waals surface area contributed by atoms with E-state index in [-0.39, 0.29) is 12.0 Å². The SMILES string of the molecule is CC1CCCC(NS(=O)(=O)N2CCCCC2C)(C(=O)O)C1. The van der Waals surface area contributed by atoms with Gasteiger partial charge in [0.15, 0.2) is 0 Å². The third-order valence-corrected chi connectivity index (χ3v) is 6.59. The fourth-order valence-corrected chi connectivity index (χ4v) is 5.45. The fraction of sp³-hybridized carbons (Fsp3) is 0.929. The molecule has 2 rings (SSSR count). The molecule has 2 N–H and O–H groups in total. The summed E-state index contributed by atoms with van der Waals surface area (Å²) in [5.74, 6) is -0.835. The van der Waals surface area contributed by atoms with Gasteiger partial charge >= 0.3 is 5.97 Å². The predicted octanol–water partition coefficient (Wildman–Crippen LogP) is 1.73. The number of hydrogen-bond donors (Lipinski definition) is 2. The molecule has 2 aliphatic rings. The molecule has 0 radical (unpaired) electrons. The van der Waals surface area contributed by atoms with E-state index < -0.39 is 21.7 Å². The Balaban J connectivity index is 2.21. The highest BCUT2D eigenvalue weighted by molar-refractivity contribution is 7.87. The van der Waals surface area contributed by atoms with Crippen LogP contribution >= 0.6 is 0 Å². The molecule has 3 atom stereocenters. The van der Waals surface area contributed by atoms with Crippen molar-refractivity contribution in [3.8, 4) is 0 Å². The number of hydrogen-bond acceptors (Lipinski definition) is 3. The molecule has 0 bridgehead atoms. The number of carbonyl (C=O) groups is 1. The van der Waals surface area contributed by atoms with Gasteiger partial charge in [0.05, 0.1) is 0 Å². The van der Waals surface area contributed by atoms with Gasteiger partial charge < -0.3 is 5.11 Å². The molecule has 0 aromatic heterocycles. The highest BCUT2D eigenvalue weighted by atomic mass is 32.2. The van der Waals surface area contributed by atoms with Crippen molar-refractivity contribution in [3.05, 3.63) is 0 Å². The van der Waals surface area contributed by atoms with Gasteiger partial charge in [-0.15, -0.1) is 0 Å². The van der Waals surface area contributed by atoms with E-state index in [4.69, 9.17) is 0 Å². The van der Waals surface area contributed by atoms with Gasteiger partial charge in [-0.05, 0) is 38.5 Å². The Kier molecular flexibility index (Phi) is 4.95. The molecule has 7 heteroatoms. The Labute approximate surface area is 127 Å². The second-order valence-corrected chi connectivity index (χ2v) is 8.27. The third kappa shape index (κ3) is 3.57. The number of nitrogens with zero attached hydrogens (tertiary/aromatic N) is 1. The number of carboxylic acids is 1. The van der Waals surface area contributed by atoms with Crippen LogP contribution in [0.3, 0.4) is 0 Å². The molecule has 122 valence electrons. The second-order valence-electron chi connectivity index (χ2n) is 6.65. The molecular formula is C14H26N2O4S. The number of rotatable bonds is 4. The van der Waals surface area contributed by atoms with Gasteiger partial charge in [-0.2, -0.15) is 17.4 Å². The molecular weight excluding hydrogens is 292 g/mol. The molecule has 1 aliphatic carbocycles. The smallest absolute Gasteiger partial charge is 0.324 e. The summed E-state index contributed by atoms with van der Waals surface area (Å²) in [6.45, 7) is 4.34. The van der Waals surface area contributed by atoms with Crippen molar-refractivity contribution in [2.24, 2.45) is 5.92 Å². The fourth-order valence-electron chi connectivity index (χ4n) is 3.62. The lowest BCUT2D eigenvalue weighted by Gasteiger charge is -2.40. The lowest BCUT2D eigenvalue weighted by atomic mass is 9.77. The Morgan fingerprint density at radius 2 is 1.95 bits per heavy atom. The zero-order chi connectivity index (χ0) is 15.7. The summed E-state index contributed by atoms with van der Waals surface area (Å²) in [5, 5.41) is 9.59. The molecule has 0 aromatic carbocycles. The molecule has 21 heavy (non-hydrogen) atoms. The molecule has 6 nitrogen and oxygen atoms in total. The van der Waals surface area contributed by atoms with Crippen molar-refractivity contribution >= 4 is 16.2 Å². The monoisotopic (exact) mass is 318 g/mol. The number of carboxylic acid groups (broad SMARTS) is 1. The van der Waals surface area contributed by atoms with Gasteiger partial charge in [0.25, 0.3) is 10.2 Å². The van der Waals surface area contributed by atoms with Crippen molar-refractivity contribution in [2.75, 3.05) is 6.54 Å². The van der Waals surface area contributed by atoms with Crippen LogP contribution in [0.15, 0.2) is 0 Å². The average molecular weight is 318 g/mol. The van der Waals surface area contributed by atoms with Crippen molar-refractivity contribution in [3.63, 3.8) is 0 Å². The molecule has 2 fully saturated rings. The largest absolute Gasteiger partial charge is 0.480 e. The van der Waals surface area contributed by atoms with Gasteiger partial charge in [0.1, 0.15) is 5.54 Å². The van der Waals surface area contributed by atoms with Crippen molar-refractivity contribution < 1.29 is 18.3 Å². The van der Waals surface area contributed by atoms with E-state index in [0.29, 0.717) is 19.4 Å². The summed E-state index contributed by atoms with van der Waals surface area (Å²) >= 11 is 0. The minimum atomic E-state index is -3.76. The maximum absolute atomic E-state index is 12.6. The van der Waals surface area contributed by atoms with E-state index >= 15 is 0 Å². The van der Waals surface area contributed by atoms with Crippen LogP contribution in [0.5, 0.6) is 0 Å². The maximum Gasteiger partial charge on any atom is 0.324 e. The van der Waals surface area contributed by atoms with Gasteiger partial charge in [-0.3, -0.25) is 4.79 Å². The normalized spacial score (nSPS) is 35.5. The van der Waals surface area contributed by atoms with E-state index in [0.717, 1.165) is 32.1 Å². The second kappa shape index (κ2) is 6.22. The van der Waals surface area contributed by atoms with Crippen LogP contribution < -0.4 is 4.72 Å². The van der Waals surface area contributed by atoms with Crippen LogP contribution in [0.1, 0.15) is 58.8 Å². The molecule has 1 saturated carbocycles. The lowest BCUT2D eigenvalue weighted by Crippen LogP contribution is -2.61. The summed E-state index contributed by atoms with van der Waals surface area (Å²) < 4.78 is 29.2. The highest BCUT2D eigenvalue weighted by Gasteiger charge is 2.46. The number of piperidine rings is 1. The van der Waals surface area contributed by atoms with Crippen LogP contribution in [-0.2, 0) is 15.0 Å². The van der Waals surface area contributed by atoms with Gasteiger partial charge in [-0.25, -0.2) is 0 Å². The minimum absolute atomic E-state index is 0.0666. The quantitative estimate of drug-likeness (QED) is 0.826. The Morgan fingerprint density at radius 3 is 2.52 bits per heavy atom. The molecule has 1 aliphatic heterocycles. The lowest BCUT2D eigenvalue weighted by molar-refractivity contribution is -0.146. The third-order valence-electron chi connectivity index (χ3n) is 4.78. The summed E-state index contributed by atoms with van der Waals surface area (Å²) in [6.07, 6.45) is 5.12. The van der Waals surface area contributed by atoms with Gasteiger partial charge in [0.2, 0.25) is 0 Å². The van der Waals surface area contributed by atoms with Crippen molar-refractivity contribution in [1.29, 1.82) is 0 Å². The Bertz CT molecular complexity index is 493. The van der Waals surface area contributed by atoms with Crippen molar-refractivity contribution in [1.82, 2.24) is 9.03 Å². The summed E-state index contributed by atoms with van der Waals surface area (Å²) in [4.78, 5) is 11.7. The van der Waals surface area contributed by atoms with Crippen LogP contribution in [0, 0.1) is 5.92 Å². The maximum atomic E-state index is 12.6. The molecule has 3 unspecified atom stereocenters. The van der Waals surface area contributed by atoms with E-state index in [1.807, 2.05) is 13.8 Å². The van der Waals surface area contributed by atoms with Crippen LogP contribution in [0.2, 0.25) is 0 Å². The van der Waals surface area contributed by atoms with E-state index in [2.05, 4.69) is 4.72 Å². The summed E-state index contributed by atoms with van der Waals surface area (Å²) in [6, 6.07) is -0.0666. The predicted molar refractivity (Wildman–Crippen MR) is 80.1 cm³/mol. The molecule has 1 heterocycles. The number of nitrogens with one attached hydrogen (secondary N) is 1.